The number of halogens is 1. The van der Waals surface area contributed by atoms with Crippen molar-refractivity contribution in [1.29, 1.82) is 0 Å². The quantitative estimate of drug-likeness (QED) is 0.764. The minimum Gasteiger partial charge on any atom is -0.353 e. The molecule has 0 saturated carbocycles. The topological polar surface area (TPSA) is 63.1 Å². The largest absolute Gasteiger partial charge is 0.353 e. The fourth-order valence-electron chi connectivity index (χ4n) is 3.11. The molecule has 26 heavy (non-hydrogen) atoms. The average Bonchev–Trinajstić information content (AvgIpc) is 3.01. The molecule has 2 aromatic rings. The van der Waals surface area contributed by atoms with Crippen molar-refractivity contribution in [2.75, 3.05) is 25.4 Å². The zero-order chi connectivity index (χ0) is 18.5. The molecule has 1 aliphatic rings. The minimum absolute atomic E-state index is 0.0484. The van der Waals surface area contributed by atoms with Crippen molar-refractivity contribution in [3.8, 4) is 11.4 Å². The molecule has 140 valence electrons. The Labute approximate surface area is 163 Å². The van der Waals surface area contributed by atoms with E-state index >= 15 is 0 Å². The van der Waals surface area contributed by atoms with E-state index in [0.29, 0.717) is 21.8 Å². The van der Waals surface area contributed by atoms with Crippen LogP contribution in [0.25, 0.3) is 11.4 Å². The Balaban J connectivity index is 1.54. The van der Waals surface area contributed by atoms with Gasteiger partial charge in [0, 0.05) is 31.7 Å². The number of nitrogens with one attached hydrogen (secondary N) is 1. The highest BCUT2D eigenvalue weighted by Crippen LogP contribution is 2.28. The Bertz CT molecular complexity index is 758. The van der Waals surface area contributed by atoms with Gasteiger partial charge in [-0.1, -0.05) is 42.4 Å². The number of nitrogens with zero attached hydrogens (tertiary/aromatic N) is 4. The lowest BCUT2D eigenvalue weighted by atomic mass is 10.1. The van der Waals surface area contributed by atoms with E-state index < -0.39 is 0 Å². The first kappa shape index (κ1) is 19.2. The third kappa shape index (κ3) is 4.58. The molecule has 1 aromatic carbocycles. The van der Waals surface area contributed by atoms with Crippen LogP contribution in [0.15, 0.2) is 29.4 Å². The highest BCUT2D eigenvalue weighted by atomic mass is 35.5. The summed E-state index contributed by atoms with van der Waals surface area (Å²) in [6.45, 7) is 5.36. The Kier molecular flexibility index (Phi) is 6.56. The molecule has 8 heteroatoms. The highest BCUT2D eigenvalue weighted by molar-refractivity contribution is 7.99. The van der Waals surface area contributed by atoms with E-state index in [4.69, 9.17) is 11.6 Å². The summed E-state index contributed by atoms with van der Waals surface area (Å²) < 4.78 is 1.87. The van der Waals surface area contributed by atoms with Gasteiger partial charge in [0.05, 0.1) is 10.8 Å². The third-order valence-electron chi connectivity index (χ3n) is 4.68. The fourth-order valence-corrected chi connectivity index (χ4v) is 4.05. The van der Waals surface area contributed by atoms with Gasteiger partial charge in [0.1, 0.15) is 0 Å². The van der Waals surface area contributed by atoms with Gasteiger partial charge in [-0.2, -0.15) is 0 Å². The number of hydrogen-bond acceptors (Lipinski definition) is 5. The SMILES string of the molecule is CCN1CCC(NC(=O)CSc2nnc(-c3ccccc3Cl)n2C)CC1. The van der Waals surface area contributed by atoms with Crippen LogP contribution >= 0.6 is 23.4 Å². The highest BCUT2D eigenvalue weighted by Gasteiger charge is 2.20. The molecular weight excluding hydrogens is 370 g/mol. The predicted octanol–water partition coefficient (Wildman–Crippen LogP) is 2.83. The Morgan fingerprint density at radius 1 is 1.31 bits per heavy atom. The van der Waals surface area contributed by atoms with Crippen molar-refractivity contribution < 1.29 is 4.79 Å². The van der Waals surface area contributed by atoms with Gasteiger partial charge in [-0.15, -0.1) is 10.2 Å². The first-order valence-electron chi connectivity index (χ1n) is 8.87. The number of piperidine rings is 1. The smallest absolute Gasteiger partial charge is 0.230 e. The number of carbonyl (C=O) groups is 1. The first-order valence-corrected chi connectivity index (χ1v) is 10.2. The maximum absolute atomic E-state index is 12.3. The summed E-state index contributed by atoms with van der Waals surface area (Å²) in [6, 6.07) is 7.82. The molecule has 0 aliphatic carbocycles. The van der Waals surface area contributed by atoms with Crippen LogP contribution < -0.4 is 5.32 Å². The predicted molar refractivity (Wildman–Crippen MR) is 105 cm³/mol. The van der Waals surface area contributed by atoms with Crippen LogP contribution in [-0.2, 0) is 11.8 Å². The molecule has 3 rings (SSSR count). The zero-order valence-electron chi connectivity index (χ0n) is 15.1. The molecule has 0 unspecified atom stereocenters. The van der Waals surface area contributed by atoms with E-state index in [1.54, 1.807) is 0 Å². The molecule has 1 fully saturated rings. The Morgan fingerprint density at radius 3 is 2.73 bits per heavy atom. The first-order chi connectivity index (χ1) is 12.6. The second-order valence-corrected chi connectivity index (χ2v) is 7.76. The number of hydrogen-bond donors (Lipinski definition) is 1. The molecule has 0 atom stereocenters. The van der Waals surface area contributed by atoms with E-state index in [1.165, 1.54) is 11.8 Å². The number of rotatable bonds is 6. The van der Waals surface area contributed by atoms with E-state index in [1.807, 2.05) is 35.9 Å². The second kappa shape index (κ2) is 8.88. The summed E-state index contributed by atoms with van der Waals surface area (Å²) in [5, 5.41) is 12.9. The van der Waals surface area contributed by atoms with Crippen LogP contribution in [0.1, 0.15) is 19.8 Å². The summed E-state index contributed by atoms with van der Waals surface area (Å²) in [5.74, 6) is 1.08. The maximum Gasteiger partial charge on any atom is 0.230 e. The summed E-state index contributed by atoms with van der Waals surface area (Å²) in [7, 11) is 1.89. The molecule has 0 bridgehead atoms. The number of aromatic nitrogens is 3. The lowest BCUT2D eigenvalue weighted by molar-refractivity contribution is -0.119. The molecule has 0 spiro atoms. The number of likely N-dealkylation sites (tertiary alicyclic amines) is 1. The Hall–Kier alpha value is -1.57. The number of thioether (sulfide) groups is 1. The van der Waals surface area contributed by atoms with Gasteiger partial charge < -0.3 is 14.8 Å². The van der Waals surface area contributed by atoms with Crippen LogP contribution in [0.3, 0.4) is 0 Å². The molecule has 6 nitrogen and oxygen atoms in total. The van der Waals surface area contributed by atoms with Crippen LogP contribution in [0.2, 0.25) is 5.02 Å². The van der Waals surface area contributed by atoms with Crippen LogP contribution in [0.4, 0.5) is 0 Å². The lowest BCUT2D eigenvalue weighted by Crippen LogP contribution is -2.45. The molecule has 1 aliphatic heterocycles. The zero-order valence-corrected chi connectivity index (χ0v) is 16.7. The number of benzene rings is 1. The number of carbonyl (C=O) groups excluding carboxylic acids is 1. The van der Waals surface area contributed by atoms with Gasteiger partial charge in [0.25, 0.3) is 0 Å². The lowest BCUT2D eigenvalue weighted by Gasteiger charge is -2.31. The summed E-state index contributed by atoms with van der Waals surface area (Å²) in [6.07, 6.45) is 2.04. The summed E-state index contributed by atoms with van der Waals surface area (Å²) >= 11 is 7.64. The molecule has 0 radical (unpaired) electrons. The third-order valence-corrected chi connectivity index (χ3v) is 6.03. The van der Waals surface area contributed by atoms with Gasteiger partial charge in [-0.3, -0.25) is 4.79 Å². The van der Waals surface area contributed by atoms with Crippen molar-refractivity contribution in [2.24, 2.45) is 7.05 Å². The maximum atomic E-state index is 12.3. The fraction of sp³-hybridized carbons (Fsp3) is 0.500. The van der Waals surface area contributed by atoms with E-state index in [9.17, 15) is 4.79 Å². The van der Waals surface area contributed by atoms with Gasteiger partial charge >= 0.3 is 0 Å². The van der Waals surface area contributed by atoms with Crippen molar-refractivity contribution in [1.82, 2.24) is 25.0 Å². The van der Waals surface area contributed by atoms with Gasteiger partial charge in [0.2, 0.25) is 5.91 Å². The second-order valence-electron chi connectivity index (χ2n) is 6.41. The van der Waals surface area contributed by atoms with E-state index in [0.717, 1.165) is 38.0 Å². The summed E-state index contributed by atoms with van der Waals surface area (Å²) in [5.41, 5.74) is 0.836. The molecule has 1 saturated heterocycles. The molecular formula is C18H24ClN5OS. The normalized spacial score (nSPS) is 16.0. The van der Waals surface area contributed by atoms with Crippen molar-refractivity contribution in [3.63, 3.8) is 0 Å². The van der Waals surface area contributed by atoms with Crippen LogP contribution in [0.5, 0.6) is 0 Å². The Morgan fingerprint density at radius 2 is 2.04 bits per heavy atom. The van der Waals surface area contributed by atoms with Crippen LogP contribution in [0, 0.1) is 0 Å². The van der Waals surface area contributed by atoms with E-state index in [2.05, 4.69) is 27.3 Å². The van der Waals surface area contributed by atoms with Crippen molar-refractivity contribution >= 4 is 29.3 Å². The van der Waals surface area contributed by atoms with Gasteiger partial charge in [0.15, 0.2) is 11.0 Å². The van der Waals surface area contributed by atoms with Gasteiger partial charge in [-0.05, 0) is 31.5 Å². The van der Waals surface area contributed by atoms with Crippen molar-refractivity contribution in [3.05, 3.63) is 29.3 Å². The number of amides is 1. The standard InChI is InChI=1S/C18H24ClN5OS/c1-3-24-10-8-13(9-11-24)20-16(25)12-26-18-22-21-17(23(18)2)14-6-4-5-7-15(14)19/h4-7,13H,3,8-12H2,1-2H3,(H,20,25). The van der Waals surface area contributed by atoms with E-state index in [-0.39, 0.29) is 11.9 Å². The molecule has 1 amide bonds. The molecule has 1 aromatic heterocycles. The minimum atomic E-state index is 0.0484. The van der Waals surface area contributed by atoms with Crippen LogP contribution in [-0.4, -0.2) is 57.0 Å². The average molecular weight is 394 g/mol. The molecule has 1 N–H and O–H groups in total. The van der Waals surface area contributed by atoms with Gasteiger partial charge in [-0.25, -0.2) is 0 Å². The molecule has 2 heterocycles. The summed E-state index contributed by atoms with van der Waals surface area (Å²) in [4.78, 5) is 14.7. The monoisotopic (exact) mass is 393 g/mol. The van der Waals surface area contributed by atoms with Crippen molar-refractivity contribution in [2.45, 2.75) is 31.0 Å².